The van der Waals surface area contributed by atoms with E-state index in [1.54, 1.807) is 50.4 Å². The van der Waals surface area contributed by atoms with E-state index in [1.807, 2.05) is 0 Å². The van der Waals surface area contributed by atoms with Crippen LogP contribution in [0.3, 0.4) is 0 Å². The van der Waals surface area contributed by atoms with E-state index < -0.39 is 17.8 Å². The number of carbonyl (C=O) groups is 1. The minimum Gasteiger partial charge on any atom is -0.497 e. The summed E-state index contributed by atoms with van der Waals surface area (Å²) in [7, 11) is 4.85. The van der Waals surface area contributed by atoms with E-state index in [1.165, 1.54) is 18.4 Å². The average molecular weight is 448 g/mol. The molecule has 0 unspecified atom stereocenters. The number of amides is 2. The van der Waals surface area contributed by atoms with Gasteiger partial charge in [-0.05, 0) is 42.5 Å². The predicted octanol–water partition coefficient (Wildman–Crippen LogP) is 4.80. The number of aromatic nitrogens is 1. The molecule has 0 radical (unpaired) electrons. The number of hydrogen-bond acceptors (Lipinski definition) is 5. The van der Waals surface area contributed by atoms with Crippen LogP contribution in [-0.2, 0) is 12.6 Å². The molecule has 1 aromatic heterocycles. The zero-order valence-electron chi connectivity index (χ0n) is 17.8. The van der Waals surface area contributed by atoms with E-state index in [-0.39, 0.29) is 12.2 Å². The highest BCUT2D eigenvalue weighted by atomic mass is 19.4. The topological polar surface area (TPSA) is 79.6 Å². The largest absolute Gasteiger partial charge is 0.497 e. The number of oxazole rings is 1. The fraction of sp³-hybridized carbons (Fsp3) is 0.273. The number of carbonyl (C=O) groups excluding carboxylic acids is 1. The van der Waals surface area contributed by atoms with Gasteiger partial charge in [0.2, 0.25) is 5.89 Å². The standard InChI is InChI=1S/C22H23F3N4O3/c1-29(2)16-6-9-19(18(12-16)22(23,24)25)28-21(30)26-11-10-15-13-32-20(27-15)14-4-7-17(31-3)8-5-14/h4-9,12-13H,10-11H2,1-3H3,(H2,26,28,30). The van der Waals surface area contributed by atoms with Crippen molar-refractivity contribution in [2.45, 2.75) is 12.6 Å². The third-order valence-electron chi connectivity index (χ3n) is 4.63. The summed E-state index contributed by atoms with van der Waals surface area (Å²) >= 11 is 0. The number of alkyl halides is 3. The number of ether oxygens (including phenoxy) is 1. The minimum atomic E-state index is -4.60. The van der Waals surface area contributed by atoms with Gasteiger partial charge in [0, 0.05) is 38.3 Å². The number of methoxy groups -OCH3 is 1. The Hall–Kier alpha value is -3.69. The lowest BCUT2D eigenvalue weighted by molar-refractivity contribution is -0.136. The van der Waals surface area contributed by atoms with Crippen molar-refractivity contribution in [3.8, 4) is 17.2 Å². The van der Waals surface area contributed by atoms with Gasteiger partial charge in [0.05, 0.1) is 24.1 Å². The van der Waals surface area contributed by atoms with Crippen molar-refractivity contribution in [1.29, 1.82) is 0 Å². The van der Waals surface area contributed by atoms with E-state index in [4.69, 9.17) is 9.15 Å². The first kappa shape index (κ1) is 23.0. The van der Waals surface area contributed by atoms with Crippen LogP contribution in [0.25, 0.3) is 11.5 Å². The molecule has 0 aliphatic rings. The lowest BCUT2D eigenvalue weighted by Crippen LogP contribution is -2.31. The number of benzene rings is 2. The number of urea groups is 1. The number of anilines is 2. The Labute approximate surface area is 183 Å². The monoisotopic (exact) mass is 448 g/mol. The fourth-order valence-electron chi connectivity index (χ4n) is 2.91. The summed E-state index contributed by atoms with van der Waals surface area (Å²) in [6.45, 7) is 0.164. The molecular weight excluding hydrogens is 425 g/mol. The van der Waals surface area contributed by atoms with Crippen LogP contribution in [0.2, 0.25) is 0 Å². The van der Waals surface area contributed by atoms with E-state index >= 15 is 0 Å². The van der Waals surface area contributed by atoms with Crippen LogP contribution in [-0.4, -0.2) is 38.8 Å². The van der Waals surface area contributed by atoms with Crippen LogP contribution >= 0.6 is 0 Å². The van der Waals surface area contributed by atoms with Crippen LogP contribution in [0.15, 0.2) is 53.1 Å². The van der Waals surface area contributed by atoms with Crippen molar-refractivity contribution in [3.05, 3.63) is 60.0 Å². The Bertz CT molecular complexity index is 1060. The molecule has 0 aliphatic heterocycles. The zero-order valence-corrected chi connectivity index (χ0v) is 17.8. The number of nitrogens with one attached hydrogen (secondary N) is 2. The summed E-state index contributed by atoms with van der Waals surface area (Å²) in [6, 6.07) is 10.2. The lowest BCUT2D eigenvalue weighted by Gasteiger charge is -2.18. The van der Waals surface area contributed by atoms with Crippen molar-refractivity contribution in [3.63, 3.8) is 0 Å². The maximum absolute atomic E-state index is 13.4. The van der Waals surface area contributed by atoms with Crippen LogP contribution in [0.4, 0.5) is 29.3 Å². The molecule has 32 heavy (non-hydrogen) atoms. The predicted molar refractivity (Wildman–Crippen MR) is 115 cm³/mol. The molecule has 0 aliphatic carbocycles. The Morgan fingerprint density at radius 1 is 1.16 bits per heavy atom. The quantitative estimate of drug-likeness (QED) is 0.543. The number of hydrogen-bond donors (Lipinski definition) is 2. The molecule has 0 spiro atoms. The highest BCUT2D eigenvalue weighted by Gasteiger charge is 2.34. The molecule has 170 valence electrons. The minimum absolute atomic E-state index is 0.164. The third-order valence-corrected chi connectivity index (χ3v) is 4.63. The summed E-state index contributed by atoms with van der Waals surface area (Å²) in [5.41, 5.74) is 0.510. The molecule has 2 aromatic carbocycles. The van der Waals surface area contributed by atoms with Gasteiger partial charge in [-0.25, -0.2) is 9.78 Å². The summed E-state index contributed by atoms with van der Waals surface area (Å²) < 4.78 is 50.7. The molecule has 7 nitrogen and oxygen atoms in total. The summed E-state index contributed by atoms with van der Waals surface area (Å²) in [6.07, 6.45) is -2.78. The molecule has 0 saturated carbocycles. The maximum atomic E-state index is 13.4. The second kappa shape index (κ2) is 9.63. The van der Waals surface area contributed by atoms with Crippen molar-refractivity contribution in [2.24, 2.45) is 0 Å². The Balaban J connectivity index is 1.57. The molecule has 2 amide bonds. The van der Waals surface area contributed by atoms with Crippen LogP contribution < -0.4 is 20.3 Å². The highest BCUT2D eigenvalue weighted by Crippen LogP contribution is 2.37. The van der Waals surface area contributed by atoms with Crippen LogP contribution in [0.5, 0.6) is 5.75 Å². The molecule has 3 aromatic rings. The van der Waals surface area contributed by atoms with Crippen molar-refractivity contribution < 1.29 is 27.1 Å². The molecular formula is C22H23F3N4O3. The molecule has 1 heterocycles. The van der Waals surface area contributed by atoms with Crippen molar-refractivity contribution in [1.82, 2.24) is 10.3 Å². The van der Waals surface area contributed by atoms with E-state index in [0.29, 0.717) is 29.4 Å². The lowest BCUT2D eigenvalue weighted by atomic mass is 10.1. The molecule has 2 N–H and O–H groups in total. The summed E-state index contributed by atoms with van der Waals surface area (Å²) in [5, 5.41) is 4.80. The van der Waals surface area contributed by atoms with Gasteiger partial charge in [-0.1, -0.05) is 0 Å². The second-order valence-corrected chi connectivity index (χ2v) is 7.13. The SMILES string of the molecule is COc1ccc(-c2nc(CCNC(=O)Nc3ccc(N(C)C)cc3C(F)(F)F)co2)cc1. The first-order chi connectivity index (χ1) is 15.2. The molecule has 10 heteroatoms. The van der Waals surface area contributed by atoms with Gasteiger partial charge in [0.1, 0.15) is 12.0 Å². The molecule has 0 atom stereocenters. The van der Waals surface area contributed by atoms with Gasteiger partial charge in [0.15, 0.2) is 0 Å². The molecule has 3 rings (SSSR count). The van der Waals surface area contributed by atoms with Crippen molar-refractivity contribution >= 4 is 17.4 Å². The van der Waals surface area contributed by atoms with E-state index in [2.05, 4.69) is 15.6 Å². The number of rotatable bonds is 7. The Morgan fingerprint density at radius 2 is 1.88 bits per heavy atom. The van der Waals surface area contributed by atoms with Gasteiger partial charge in [-0.15, -0.1) is 0 Å². The third kappa shape index (κ3) is 5.71. The maximum Gasteiger partial charge on any atom is 0.418 e. The Kier molecular flexibility index (Phi) is 6.92. The van der Waals surface area contributed by atoms with E-state index in [9.17, 15) is 18.0 Å². The second-order valence-electron chi connectivity index (χ2n) is 7.13. The molecule has 0 bridgehead atoms. The number of nitrogens with zero attached hydrogens (tertiary/aromatic N) is 2. The number of halogens is 3. The van der Waals surface area contributed by atoms with Crippen molar-refractivity contribution in [2.75, 3.05) is 38.0 Å². The van der Waals surface area contributed by atoms with Gasteiger partial charge in [-0.2, -0.15) is 13.2 Å². The van der Waals surface area contributed by atoms with Gasteiger partial charge in [-0.3, -0.25) is 0 Å². The smallest absolute Gasteiger partial charge is 0.418 e. The summed E-state index contributed by atoms with van der Waals surface area (Å²) in [4.78, 5) is 18.0. The van der Waals surface area contributed by atoms with Crippen LogP contribution in [0, 0.1) is 0 Å². The first-order valence-electron chi connectivity index (χ1n) is 9.69. The van der Waals surface area contributed by atoms with Crippen LogP contribution in [0.1, 0.15) is 11.3 Å². The average Bonchev–Trinajstić information content (AvgIpc) is 3.22. The van der Waals surface area contributed by atoms with Gasteiger partial charge < -0.3 is 24.7 Å². The highest BCUT2D eigenvalue weighted by molar-refractivity contribution is 5.90. The Morgan fingerprint density at radius 3 is 2.50 bits per heavy atom. The van der Waals surface area contributed by atoms with E-state index in [0.717, 1.165) is 11.6 Å². The molecule has 0 saturated heterocycles. The fourth-order valence-corrected chi connectivity index (χ4v) is 2.91. The normalized spacial score (nSPS) is 11.2. The van der Waals surface area contributed by atoms with Gasteiger partial charge >= 0.3 is 12.2 Å². The van der Waals surface area contributed by atoms with Gasteiger partial charge in [0.25, 0.3) is 0 Å². The molecule has 0 fully saturated rings. The first-order valence-corrected chi connectivity index (χ1v) is 9.69. The zero-order chi connectivity index (χ0) is 23.3. The summed E-state index contributed by atoms with van der Waals surface area (Å²) in [5.74, 6) is 1.13.